The summed E-state index contributed by atoms with van der Waals surface area (Å²) in [5.41, 5.74) is 0. The van der Waals surface area contributed by atoms with Crippen LogP contribution in [0, 0.1) is 0 Å². The maximum absolute atomic E-state index is 13.1. The maximum Gasteiger partial charge on any atom is 0.220 e. The fourth-order valence-corrected chi connectivity index (χ4v) is 8.88. The van der Waals surface area contributed by atoms with Gasteiger partial charge in [-0.25, -0.2) is 0 Å². The Bertz CT molecular complexity index is 1150. The molecule has 0 aromatic rings. The zero-order valence-electron chi connectivity index (χ0n) is 40.7. The first-order valence-corrected chi connectivity index (χ1v) is 26.4. The number of hydrogen-bond acceptors (Lipinski definition) is 13. The van der Waals surface area contributed by atoms with E-state index in [1.807, 2.05) is 0 Å². The maximum atomic E-state index is 13.1. The molecule has 65 heavy (non-hydrogen) atoms. The van der Waals surface area contributed by atoms with E-state index in [1.54, 1.807) is 0 Å². The minimum absolute atomic E-state index is 0.211. The first kappa shape index (κ1) is 59.9. The van der Waals surface area contributed by atoms with Crippen molar-refractivity contribution < 1.29 is 64.6 Å². The Morgan fingerprint density at radius 1 is 0.538 bits per heavy atom. The molecule has 2 rings (SSSR count). The Labute approximate surface area is 393 Å². The van der Waals surface area contributed by atoms with Crippen molar-refractivity contribution in [3.05, 3.63) is 12.2 Å². The Kier molecular flexibility index (Phi) is 35.5. The molecule has 0 bridgehead atoms. The summed E-state index contributed by atoms with van der Waals surface area (Å²) in [6, 6.07) is -0.821. The van der Waals surface area contributed by atoms with Crippen molar-refractivity contribution in [3.8, 4) is 0 Å². The molecule has 1 amide bonds. The quantitative estimate of drug-likeness (QED) is 0.0219. The highest BCUT2D eigenvalue weighted by Crippen LogP contribution is 2.30. The normalized spacial score (nSPS) is 27.0. The number of aliphatic hydroxyl groups excluding tert-OH is 8. The average molecular weight is 932 g/mol. The van der Waals surface area contributed by atoms with E-state index in [2.05, 4.69) is 31.3 Å². The van der Waals surface area contributed by atoms with Crippen molar-refractivity contribution >= 4 is 5.91 Å². The van der Waals surface area contributed by atoms with Crippen LogP contribution >= 0.6 is 0 Å². The molecule has 0 spiro atoms. The van der Waals surface area contributed by atoms with E-state index in [1.165, 1.54) is 122 Å². The molecule has 2 heterocycles. The molecule has 2 fully saturated rings. The molecule has 14 nitrogen and oxygen atoms in total. The van der Waals surface area contributed by atoms with Crippen LogP contribution in [-0.4, -0.2) is 140 Å². The number of allylic oxidation sites excluding steroid dienone is 2. The second-order valence-electron chi connectivity index (χ2n) is 19.0. The molecule has 0 aromatic heterocycles. The lowest BCUT2D eigenvalue weighted by atomic mass is 9.97. The van der Waals surface area contributed by atoms with Gasteiger partial charge in [0, 0.05) is 6.42 Å². The van der Waals surface area contributed by atoms with E-state index in [9.17, 15) is 45.6 Å². The molecule has 12 unspecified atom stereocenters. The second kappa shape index (κ2) is 38.6. The van der Waals surface area contributed by atoms with Crippen molar-refractivity contribution in [2.24, 2.45) is 0 Å². The zero-order valence-corrected chi connectivity index (χ0v) is 40.7. The van der Waals surface area contributed by atoms with Gasteiger partial charge in [0.15, 0.2) is 12.6 Å². The largest absolute Gasteiger partial charge is 0.394 e. The highest BCUT2D eigenvalue weighted by Gasteiger charge is 2.51. The van der Waals surface area contributed by atoms with Gasteiger partial charge in [-0.15, -0.1) is 0 Å². The number of unbranched alkanes of at least 4 members (excludes halogenated alkanes) is 26. The standard InChI is InChI=1S/C51H97NO13/c1-3-5-7-9-11-12-13-14-15-16-17-18-19-20-21-22-23-24-25-26-27-28-29-31-33-35-43(56)52-39(40(55)34-32-30-10-8-6-4-2)38-62-50-48(61)46(59)49(42(37-54)64-50)65-51-47(60)45(58)44(57)41(36-53)63-51/h16-17,39-42,44-51,53-55,57-61H,3-15,18-38H2,1-2H3,(H,52,56)/b17-16-. The molecule has 2 saturated heterocycles. The van der Waals surface area contributed by atoms with E-state index >= 15 is 0 Å². The van der Waals surface area contributed by atoms with Gasteiger partial charge < -0.3 is 65.1 Å². The molecule has 0 aliphatic carbocycles. The summed E-state index contributed by atoms with van der Waals surface area (Å²) in [4.78, 5) is 13.1. The summed E-state index contributed by atoms with van der Waals surface area (Å²) in [7, 11) is 0. The number of rotatable bonds is 41. The third-order valence-electron chi connectivity index (χ3n) is 13.2. The van der Waals surface area contributed by atoms with E-state index < -0.39 is 86.8 Å². The van der Waals surface area contributed by atoms with Crippen LogP contribution < -0.4 is 5.32 Å². The monoisotopic (exact) mass is 932 g/mol. The first-order valence-electron chi connectivity index (χ1n) is 26.4. The molecule has 12 atom stereocenters. The summed E-state index contributed by atoms with van der Waals surface area (Å²) >= 11 is 0. The predicted molar refractivity (Wildman–Crippen MR) is 254 cm³/mol. The molecule has 2 aliphatic heterocycles. The summed E-state index contributed by atoms with van der Waals surface area (Å²) in [5, 5.41) is 86.5. The van der Waals surface area contributed by atoms with Crippen LogP contribution in [0.25, 0.3) is 0 Å². The fraction of sp³-hybridized carbons (Fsp3) is 0.941. The first-order chi connectivity index (χ1) is 31.6. The van der Waals surface area contributed by atoms with Gasteiger partial charge in [-0.1, -0.05) is 180 Å². The molecule has 2 aliphatic rings. The molecule has 0 saturated carbocycles. The number of carbonyl (C=O) groups is 1. The van der Waals surface area contributed by atoms with Gasteiger partial charge in [0.1, 0.15) is 48.8 Å². The summed E-state index contributed by atoms with van der Waals surface area (Å²) in [6.07, 6.45) is 24.2. The lowest BCUT2D eigenvalue weighted by Crippen LogP contribution is -2.65. The molecule has 0 aromatic carbocycles. The number of carbonyl (C=O) groups excluding carboxylic acids is 1. The van der Waals surface area contributed by atoms with Crippen LogP contribution in [0.5, 0.6) is 0 Å². The van der Waals surface area contributed by atoms with Crippen LogP contribution in [0.2, 0.25) is 0 Å². The third-order valence-corrected chi connectivity index (χ3v) is 13.2. The summed E-state index contributed by atoms with van der Waals surface area (Å²) in [5.74, 6) is -0.211. The van der Waals surface area contributed by atoms with Crippen molar-refractivity contribution in [3.63, 3.8) is 0 Å². The Morgan fingerprint density at radius 2 is 0.969 bits per heavy atom. The van der Waals surface area contributed by atoms with Crippen LogP contribution in [0.1, 0.15) is 213 Å². The Balaban J connectivity index is 1.65. The summed E-state index contributed by atoms with van der Waals surface area (Å²) < 4.78 is 22.6. The number of hydrogen-bond donors (Lipinski definition) is 9. The molecule has 0 radical (unpaired) electrons. The fourth-order valence-electron chi connectivity index (χ4n) is 8.88. The van der Waals surface area contributed by atoms with Gasteiger partial charge >= 0.3 is 0 Å². The van der Waals surface area contributed by atoms with Gasteiger partial charge in [-0.05, 0) is 38.5 Å². The SMILES string of the molecule is CCCCCCCCCC/C=C\CCCCCCCCCCCCCCCC(=O)NC(COC1OC(CO)C(OC2OC(CO)C(O)C(O)C2O)C(O)C1O)C(O)CCCCCCCC. The minimum Gasteiger partial charge on any atom is -0.394 e. The average Bonchev–Trinajstić information content (AvgIpc) is 3.30. The number of amides is 1. The van der Waals surface area contributed by atoms with Crippen LogP contribution in [-0.2, 0) is 23.7 Å². The van der Waals surface area contributed by atoms with Crippen LogP contribution in [0.4, 0.5) is 0 Å². The van der Waals surface area contributed by atoms with Gasteiger partial charge in [-0.2, -0.15) is 0 Å². The van der Waals surface area contributed by atoms with E-state index in [-0.39, 0.29) is 12.5 Å². The zero-order chi connectivity index (χ0) is 47.5. The minimum atomic E-state index is -1.78. The van der Waals surface area contributed by atoms with E-state index in [0.717, 1.165) is 64.2 Å². The van der Waals surface area contributed by atoms with Gasteiger partial charge in [-0.3, -0.25) is 4.79 Å². The molecule has 9 N–H and O–H groups in total. The van der Waals surface area contributed by atoms with E-state index in [4.69, 9.17) is 18.9 Å². The number of aliphatic hydroxyl groups is 8. The summed E-state index contributed by atoms with van der Waals surface area (Å²) in [6.45, 7) is 2.78. The highest BCUT2D eigenvalue weighted by atomic mass is 16.7. The molecular weight excluding hydrogens is 835 g/mol. The van der Waals surface area contributed by atoms with E-state index in [0.29, 0.717) is 12.8 Å². The Morgan fingerprint density at radius 3 is 1.46 bits per heavy atom. The van der Waals surface area contributed by atoms with Crippen molar-refractivity contribution in [2.75, 3.05) is 19.8 Å². The second-order valence-corrected chi connectivity index (χ2v) is 19.0. The Hall–Kier alpha value is -1.27. The highest BCUT2D eigenvalue weighted by molar-refractivity contribution is 5.76. The number of ether oxygens (including phenoxy) is 4. The lowest BCUT2D eigenvalue weighted by molar-refractivity contribution is -0.359. The lowest BCUT2D eigenvalue weighted by Gasteiger charge is -2.46. The molecule has 384 valence electrons. The smallest absolute Gasteiger partial charge is 0.220 e. The van der Waals surface area contributed by atoms with Gasteiger partial charge in [0.2, 0.25) is 5.91 Å². The van der Waals surface area contributed by atoms with Gasteiger partial charge in [0.05, 0.1) is 32.0 Å². The predicted octanol–water partition coefficient (Wildman–Crippen LogP) is 7.16. The van der Waals surface area contributed by atoms with Crippen molar-refractivity contribution in [1.29, 1.82) is 0 Å². The number of nitrogens with one attached hydrogen (secondary N) is 1. The van der Waals surface area contributed by atoms with Crippen LogP contribution in [0.15, 0.2) is 12.2 Å². The third kappa shape index (κ3) is 25.8. The van der Waals surface area contributed by atoms with Crippen molar-refractivity contribution in [1.82, 2.24) is 5.32 Å². The van der Waals surface area contributed by atoms with Gasteiger partial charge in [0.25, 0.3) is 0 Å². The van der Waals surface area contributed by atoms with Crippen molar-refractivity contribution in [2.45, 2.75) is 286 Å². The topological polar surface area (TPSA) is 228 Å². The molecule has 14 heteroatoms. The molecular formula is C51H97NO13. The van der Waals surface area contributed by atoms with Crippen LogP contribution in [0.3, 0.4) is 0 Å².